The van der Waals surface area contributed by atoms with Crippen LogP contribution < -0.4 is 9.04 Å². The third-order valence-electron chi connectivity index (χ3n) is 6.39. The molecule has 0 spiro atoms. The molecule has 0 bridgehead atoms. The third kappa shape index (κ3) is 6.48. The molecule has 1 aliphatic rings. The van der Waals surface area contributed by atoms with Gasteiger partial charge in [-0.2, -0.15) is 13.2 Å². The zero-order valence-corrected chi connectivity index (χ0v) is 23.2. The first-order valence-electron chi connectivity index (χ1n) is 12.1. The number of methoxy groups -OCH3 is 1. The van der Waals surface area contributed by atoms with Crippen LogP contribution in [0.5, 0.6) is 5.75 Å². The minimum atomic E-state index is -4.80. The van der Waals surface area contributed by atoms with E-state index in [9.17, 15) is 30.8 Å². The zero-order chi connectivity index (χ0) is 30.1. The van der Waals surface area contributed by atoms with Gasteiger partial charge in [-0.3, -0.25) is 9.10 Å². The van der Waals surface area contributed by atoms with Crippen LogP contribution in [-0.2, 0) is 25.7 Å². The second-order valence-electron chi connectivity index (χ2n) is 9.18. The molecule has 3 aromatic carbocycles. The Morgan fingerprint density at radius 2 is 1.83 bits per heavy atom. The number of rotatable bonds is 7. The van der Waals surface area contributed by atoms with E-state index in [1.807, 2.05) is 0 Å². The Hall–Kier alpha value is -3.64. The minimum Gasteiger partial charge on any atom is -0.486 e. The van der Waals surface area contributed by atoms with Gasteiger partial charge in [-0.05, 0) is 61.4 Å². The van der Waals surface area contributed by atoms with Crippen LogP contribution in [0.4, 0.5) is 27.6 Å². The highest BCUT2D eigenvalue weighted by Gasteiger charge is 2.37. The minimum absolute atomic E-state index is 0.0128. The zero-order valence-electron chi connectivity index (χ0n) is 21.6. The highest BCUT2D eigenvalue weighted by Crippen LogP contribution is 2.41. The number of hydrogen-bond donors (Lipinski definition) is 0. The van der Waals surface area contributed by atoms with E-state index >= 15 is 4.39 Å². The number of carbonyl (C=O) groups is 1. The topological polar surface area (TPSA) is 72.9 Å². The molecule has 0 N–H and O–H groups in total. The van der Waals surface area contributed by atoms with Crippen LogP contribution in [0.1, 0.15) is 36.5 Å². The van der Waals surface area contributed by atoms with E-state index in [-0.39, 0.29) is 46.0 Å². The fourth-order valence-electron chi connectivity index (χ4n) is 4.36. The molecule has 3 aromatic rings. The van der Waals surface area contributed by atoms with Crippen LogP contribution in [-0.4, -0.2) is 34.1 Å². The number of sulfonamides is 1. The molecule has 0 fully saturated rings. The number of esters is 1. The number of alkyl halides is 3. The molecule has 1 atom stereocenters. The van der Waals surface area contributed by atoms with Crippen LogP contribution in [0.15, 0.2) is 59.5 Å². The molecule has 41 heavy (non-hydrogen) atoms. The average molecular weight is 616 g/mol. The van der Waals surface area contributed by atoms with Crippen molar-refractivity contribution in [2.24, 2.45) is 0 Å². The van der Waals surface area contributed by atoms with Crippen molar-refractivity contribution in [2.75, 3.05) is 18.0 Å². The molecule has 0 aliphatic carbocycles. The second-order valence-corrected chi connectivity index (χ2v) is 11.5. The highest BCUT2D eigenvalue weighted by molar-refractivity contribution is 7.92. The van der Waals surface area contributed by atoms with Gasteiger partial charge in [0.05, 0.1) is 34.8 Å². The van der Waals surface area contributed by atoms with Crippen LogP contribution in [0.25, 0.3) is 11.6 Å². The molecule has 0 saturated heterocycles. The molecule has 0 amide bonds. The van der Waals surface area contributed by atoms with Crippen molar-refractivity contribution in [3.8, 4) is 5.75 Å². The van der Waals surface area contributed by atoms with Crippen LogP contribution >= 0.6 is 11.6 Å². The van der Waals surface area contributed by atoms with Gasteiger partial charge in [0.2, 0.25) is 0 Å². The number of anilines is 1. The van der Waals surface area contributed by atoms with E-state index in [1.165, 1.54) is 38.3 Å². The molecule has 0 saturated carbocycles. The molecule has 0 radical (unpaired) electrons. The van der Waals surface area contributed by atoms with Gasteiger partial charge in [-0.1, -0.05) is 23.7 Å². The molecule has 0 aromatic heterocycles. The van der Waals surface area contributed by atoms with Crippen LogP contribution in [0.2, 0.25) is 5.02 Å². The average Bonchev–Trinajstić information content (AvgIpc) is 2.91. The van der Waals surface area contributed by atoms with E-state index in [0.29, 0.717) is 6.07 Å². The lowest BCUT2D eigenvalue weighted by atomic mass is 10.0. The van der Waals surface area contributed by atoms with Gasteiger partial charge in [-0.25, -0.2) is 17.2 Å². The Morgan fingerprint density at radius 3 is 2.49 bits per heavy atom. The van der Waals surface area contributed by atoms with Crippen molar-refractivity contribution in [3.63, 3.8) is 0 Å². The largest absolute Gasteiger partial charge is 0.486 e. The maximum Gasteiger partial charge on any atom is 0.416 e. The van der Waals surface area contributed by atoms with Gasteiger partial charge in [0.25, 0.3) is 10.0 Å². The normalized spacial score (nSPS) is 15.8. The van der Waals surface area contributed by atoms with Gasteiger partial charge in [0.1, 0.15) is 23.5 Å². The molecule has 218 valence electrons. The maximum atomic E-state index is 15.3. The Balaban J connectivity index is 1.83. The number of nitrogens with zero attached hydrogens (tertiary/aromatic N) is 1. The summed E-state index contributed by atoms with van der Waals surface area (Å²) in [6.07, 6.45) is -4.67. The fourth-order valence-corrected chi connectivity index (χ4v) is 6.22. The Labute approximate surface area is 238 Å². The summed E-state index contributed by atoms with van der Waals surface area (Å²) in [7, 11) is -3.47. The Kier molecular flexibility index (Phi) is 8.65. The molecular weight excluding hydrogens is 593 g/mol. The van der Waals surface area contributed by atoms with Gasteiger partial charge in [0, 0.05) is 23.6 Å². The summed E-state index contributed by atoms with van der Waals surface area (Å²) in [6.45, 7) is 1.09. The third-order valence-corrected chi connectivity index (χ3v) is 8.48. The SMILES string of the molecule is COC(=O)CCC1CN(S(=O)(=O)c2cccc(C(F)(F)F)c2)c2cc(C=C(C)c3c(F)cccc3Cl)c(F)cc2O1. The predicted octanol–water partition coefficient (Wildman–Crippen LogP) is 7.11. The first-order chi connectivity index (χ1) is 19.2. The lowest BCUT2D eigenvalue weighted by Gasteiger charge is -2.36. The predicted molar refractivity (Wildman–Crippen MR) is 143 cm³/mol. The first kappa shape index (κ1) is 30.3. The highest BCUT2D eigenvalue weighted by atomic mass is 35.5. The smallest absolute Gasteiger partial charge is 0.416 e. The van der Waals surface area contributed by atoms with E-state index in [0.717, 1.165) is 34.6 Å². The van der Waals surface area contributed by atoms with Crippen molar-refractivity contribution in [1.82, 2.24) is 0 Å². The first-order valence-corrected chi connectivity index (χ1v) is 13.9. The molecule has 1 aliphatic heterocycles. The molecule has 4 rings (SSSR count). The summed E-state index contributed by atoms with van der Waals surface area (Å²) < 4.78 is 109. The standard InChI is InChI=1S/C28H23ClF5NO5S/c1-16(27-21(29)7-4-8-22(27)30)11-17-12-24-25(14-23(17)31)40-19(9-10-26(36)39-2)15-35(24)41(37,38)20-6-3-5-18(13-20)28(32,33)34/h3-8,11-14,19H,9-10,15H2,1-2H3. The molecule has 6 nitrogen and oxygen atoms in total. The maximum absolute atomic E-state index is 15.3. The lowest BCUT2D eigenvalue weighted by Crippen LogP contribution is -2.44. The summed E-state index contributed by atoms with van der Waals surface area (Å²) in [5.74, 6) is -2.31. The number of halogens is 6. The lowest BCUT2D eigenvalue weighted by molar-refractivity contribution is -0.141. The quantitative estimate of drug-likeness (QED) is 0.161. The second kappa shape index (κ2) is 11.7. The number of hydrogen-bond acceptors (Lipinski definition) is 5. The summed E-state index contributed by atoms with van der Waals surface area (Å²) in [5, 5.41) is 0.0719. The summed E-state index contributed by atoms with van der Waals surface area (Å²) in [4.78, 5) is 11.0. The summed E-state index contributed by atoms with van der Waals surface area (Å²) in [5.41, 5.74) is -1.24. The van der Waals surface area contributed by atoms with Gasteiger partial charge >= 0.3 is 12.1 Å². The number of ether oxygens (including phenoxy) is 2. The molecule has 1 unspecified atom stereocenters. The van der Waals surface area contributed by atoms with Crippen molar-refractivity contribution in [1.29, 1.82) is 0 Å². The van der Waals surface area contributed by atoms with E-state index in [1.54, 1.807) is 0 Å². The van der Waals surface area contributed by atoms with E-state index in [2.05, 4.69) is 4.74 Å². The van der Waals surface area contributed by atoms with Crippen molar-refractivity contribution in [3.05, 3.63) is 87.9 Å². The molecule has 1 heterocycles. The van der Waals surface area contributed by atoms with E-state index < -0.39 is 56.9 Å². The van der Waals surface area contributed by atoms with Crippen LogP contribution in [0, 0.1) is 11.6 Å². The molecule has 13 heteroatoms. The summed E-state index contributed by atoms with van der Waals surface area (Å²) >= 11 is 6.12. The number of fused-ring (bicyclic) bond motifs is 1. The number of allylic oxidation sites excluding steroid dienone is 1. The summed E-state index contributed by atoms with van der Waals surface area (Å²) in [6, 6.07) is 9.31. The van der Waals surface area contributed by atoms with E-state index in [4.69, 9.17) is 16.3 Å². The van der Waals surface area contributed by atoms with Gasteiger partial charge in [-0.15, -0.1) is 0 Å². The number of benzene rings is 3. The van der Waals surface area contributed by atoms with Crippen molar-refractivity contribution < 1.29 is 44.6 Å². The van der Waals surface area contributed by atoms with Crippen molar-refractivity contribution in [2.45, 2.75) is 36.9 Å². The molecular formula is C28H23ClF5NO5S. The monoisotopic (exact) mass is 615 g/mol. The Bertz CT molecular complexity index is 1600. The van der Waals surface area contributed by atoms with Gasteiger partial charge in [0.15, 0.2) is 0 Å². The fraction of sp³-hybridized carbons (Fsp3) is 0.250. The van der Waals surface area contributed by atoms with Crippen molar-refractivity contribution >= 4 is 44.9 Å². The van der Waals surface area contributed by atoms with Crippen LogP contribution in [0.3, 0.4) is 0 Å². The Morgan fingerprint density at radius 1 is 1.12 bits per heavy atom. The van der Waals surface area contributed by atoms with Gasteiger partial charge < -0.3 is 9.47 Å². The number of carbonyl (C=O) groups excluding carboxylic acids is 1.